The molecule has 1 aliphatic heterocycles. The predicted molar refractivity (Wildman–Crippen MR) is 63.7 cm³/mol. The van der Waals surface area contributed by atoms with Crippen LogP contribution in [-0.4, -0.2) is 36.8 Å². The Morgan fingerprint density at radius 3 is 3.00 bits per heavy atom. The molecule has 2 rings (SSSR count). The van der Waals surface area contributed by atoms with Gasteiger partial charge in [-0.15, -0.1) is 0 Å². The number of allylic oxidation sites excluding steroid dienone is 4. The van der Waals surface area contributed by atoms with Gasteiger partial charge in [0.2, 0.25) is 0 Å². The average Bonchev–Trinajstić information content (AvgIpc) is 2.33. The summed E-state index contributed by atoms with van der Waals surface area (Å²) in [6.07, 6.45) is 6.44. The van der Waals surface area contributed by atoms with Crippen LogP contribution in [0.3, 0.4) is 0 Å². The number of β-amino-alcohol motifs (C(OH)–C–C–N with tert-alkyl or cyclic N) is 1. The third kappa shape index (κ3) is 2.09. The maximum absolute atomic E-state index is 9.06. The van der Waals surface area contributed by atoms with Gasteiger partial charge in [-0.1, -0.05) is 6.92 Å². The third-order valence-corrected chi connectivity index (χ3v) is 3.78. The predicted octanol–water partition coefficient (Wildman–Crippen LogP) is 1.75. The van der Waals surface area contributed by atoms with Crippen molar-refractivity contribution < 1.29 is 9.84 Å². The molecule has 16 heavy (non-hydrogen) atoms. The van der Waals surface area contributed by atoms with Crippen molar-refractivity contribution in [2.24, 2.45) is 11.8 Å². The van der Waals surface area contributed by atoms with Crippen molar-refractivity contribution in [3.63, 3.8) is 0 Å². The number of methoxy groups -OCH3 is 1. The molecule has 90 valence electrons. The van der Waals surface area contributed by atoms with Crippen molar-refractivity contribution in [2.75, 3.05) is 26.8 Å². The van der Waals surface area contributed by atoms with Gasteiger partial charge in [-0.25, -0.2) is 0 Å². The normalized spacial score (nSPS) is 29.3. The van der Waals surface area contributed by atoms with Gasteiger partial charge in [0.25, 0.3) is 0 Å². The molecule has 0 saturated carbocycles. The zero-order valence-corrected chi connectivity index (χ0v) is 10.1. The number of fused-ring (bicyclic) bond motifs is 1. The minimum absolute atomic E-state index is 0.235. The molecule has 0 amide bonds. The lowest BCUT2D eigenvalue weighted by molar-refractivity contribution is 0.141. The lowest BCUT2D eigenvalue weighted by atomic mass is 9.79. The zero-order chi connectivity index (χ0) is 11.5. The second kappa shape index (κ2) is 4.91. The van der Waals surface area contributed by atoms with Gasteiger partial charge >= 0.3 is 0 Å². The van der Waals surface area contributed by atoms with E-state index < -0.39 is 0 Å². The number of aliphatic hydroxyl groups excluding tert-OH is 1. The van der Waals surface area contributed by atoms with E-state index in [9.17, 15) is 0 Å². The molecule has 3 nitrogen and oxygen atoms in total. The van der Waals surface area contributed by atoms with Crippen LogP contribution in [0.1, 0.15) is 19.8 Å². The van der Waals surface area contributed by atoms with E-state index in [0.29, 0.717) is 11.8 Å². The van der Waals surface area contributed by atoms with Gasteiger partial charge in [-0.05, 0) is 24.5 Å². The van der Waals surface area contributed by atoms with Gasteiger partial charge < -0.3 is 14.7 Å². The molecule has 0 spiro atoms. The van der Waals surface area contributed by atoms with Crippen molar-refractivity contribution in [3.8, 4) is 0 Å². The van der Waals surface area contributed by atoms with Gasteiger partial charge in [0.15, 0.2) is 0 Å². The summed E-state index contributed by atoms with van der Waals surface area (Å²) < 4.78 is 5.33. The van der Waals surface area contributed by atoms with Gasteiger partial charge in [-0.3, -0.25) is 0 Å². The molecule has 2 aliphatic rings. The Bertz CT molecular complexity index is 309. The molecule has 0 aromatic heterocycles. The largest absolute Gasteiger partial charge is 0.501 e. The molecule has 0 aromatic rings. The first kappa shape index (κ1) is 11.5. The maximum atomic E-state index is 9.06. The van der Waals surface area contributed by atoms with Crippen LogP contribution >= 0.6 is 0 Å². The molecule has 0 aromatic carbocycles. The fourth-order valence-electron chi connectivity index (χ4n) is 2.73. The summed E-state index contributed by atoms with van der Waals surface area (Å²) in [7, 11) is 1.74. The number of likely N-dealkylation sites (tertiary alicyclic amines) is 1. The molecule has 0 bridgehead atoms. The summed E-state index contributed by atoms with van der Waals surface area (Å²) in [4.78, 5) is 2.31. The molecule has 1 N–H and O–H groups in total. The molecule has 0 radical (unpaired) electrons. The molecule has 1 fully saturated rings. The fraction of sp³-hybridized carbons (Fsp3) is 0.692. The minimum atomic E-state index is 0.235. The van der Waals surface area contributed by atoms with Crippen LogP contribution in [0.5, 0.6) is 0 Å². The number of aliphatic hydroxyl groups is 1. The van der Waals surface area contributed by atoms with Gasteiger partial charge in [-0.2, -0.15) is 0 Å². The van der Waals surface area contributed by atoms with E-state index in [4.69, 9.17) is 9.84 Å². The highest BCUT2D eigenvalue weighted by atomic mass is 16.5. The van der Waals surface area contributed by atoms with Gasteiger partial charge in [0.1, 0.15) is 0 Å². The molecule has 1 heterocycles. The van der Waals surface area contributed by atoms with Crippen LogP contribution in [0.4, 0.5) is 0 Å². The fourth-order valence-corrected chi connectivity index (χ4v) is 2.73. The summed E-state index contributed by atoms with van der Waals surface area (Å²) in [6, 6.07) is 0. The topological polar surface area (TPSA) is 32.7 Å². The van der Waals surface area contributed by atoms with Crippen molar-refractivity contribution in [3.05, 3.63) is 23.6 Å². The van der Waals surface area contributed by atoms with Crippen molar-refractivity contribution >= 4 is 0 Å². The molecule has 1 aliphatic carbocycles. The number of rotatable bonds is 3. The van der Waals surface area contributed by atoms with Crippen molar-refractivity contribution in [1.29, 1.82) is 0 Å². The Balaban J connectivity index is 2.18. The Morgan fingerprint density at radius 2 is 2.31 bits per heavy atom. The van der Waals surface area contributed by atoms with Crippen LogP contribution in [0, 0.1) is 11.8 Å². The van der Waals surface area contributed by atoms with Crippen LogP contribution in [0.15, 0.2) is 23.6 Å². The summed E-state index contributed by atoms with van der Waals surface area (Å²) in [6.45, 7) is 4.37. The summed E-state index contributed by atoms with van der Waals surface area (Å²) in [5.41, 5.74) is 1.38. The van der Waals surface area contributed by atoms with Crippen molar-refractivity contribution in [2.45, 2.75) is 19.8 Å². The molecule has 1 saturated heterocycles. The molecule has 2 atom stereocenters. The van der Waals surface area contributed by atoms with Gasteiger partial charge in [0, 0.05) is 31.1 Å². The van der Waals surface area contributed by atoms with E-state index in [-0.39, 0.29) is 6.61 Å². The van der Waals surface area contributed by atoms with E-state index in [2.05, 4.69) is 24.0 Å². The second-order valence-corrected chi connectivity index (χ2v) is 4.72. The highest BCUT2D eigenvalue weighted by molar-refractivity contribution is 5.25. The van der Waals surface area contributed by atoms with E-state index in [1.54, 1.807) is 7.11 Å². The highest BCUT2D eigenvalue weighted by Gasteiger charge is 2.32. The SMILES string of the molecule is COC1=CC=C2C(C1)C(C)CCN2CCO. The smallest absolute Gasteiger partial charge is 0.0962 e. The highest BCUT2D eigenvalue weighted by Crippen LogP contribution is 2.38. The molecule has 3 heteroatoms. The number of nitrogens with zero attached hydrogens (tertiary/aromatic N) is 1. The Morgan fingerprint density at radius 1 is 1.50 bits per heavy atom. The summed E-state index contributed by atoms with van der Waals surface area (Å²) in [5, 5.41) is 9.06. The number of ether oxygens (including phenoxy) is 1. The average molecular weight is 223 g/mol. The standard InChI is InChI=1S/C13H21NO2/c1-10-5-6-14(7-8-15)13-4-3-11(16-2)9-12(10)13/h3-4,10,12,15H,5-9H2,1-2H3. The number of hydrogen-bond acceptors (Lipinski definition) is 3. The van der Waals surface area contributed by atoms with Crippen LogP contribution in [0.2, 0.25) is 0 Å². The molecule has 2 unspecified atom stereocenters. The van der Waals surface area contributed by atoms with Gasteiger partial charge in [0.05, 0.1) is 19.5 Å². The molecular weight excluding hydrogens is 202 g/mol. The minimum Gasteiger partial charge on any atom is -0.501 e. The number of hydrogen-bond donors (Lipinski definition) is 1. The van der Waals surface area contributed by atoms with E-state index in [0.717, 1.165) is 25.3 Å². The third-order valence-electron chi connectivity index (χ3n) is 3.78. The quantitative estimate of drug-likeness (QED) is 0.791. The first-order valence-electron chi connectivity index (χ1n) is 6.06. The first-order valence-corrected chi connectivity index (χ1v) is 6.06. The van der Waals surface area contributed by atoms with E-state index in [1.165, 1.54) is 12.1 Å². The summed E-state index contributed by atoms with van der Waals surface area (Å²) in [5.74, 6) is 2.35. The Labute approximate surface area is 97.4 Å². The maximum Gasteiger partial charge on any atom is 0.0962 e. The van der Waals surface area contributed by atoms with Crippen LogP contribution in [0.25, 0.3) is 0 Å². The Hall–Kier alpha value is -0.960. The number of piperidine rings is 1. The monoisotopic (exact) mass is 223 g/mol. The van der Waals surface area contributed by atoms with E-state index >= 15 is 0 Å². The zero-order valence-electron chi connectivity index (χ0n) is 10.1. The van der Waals surface area contributed by atoms with Crippen molar-refractivity contribution in [1.82, 2.24) is 4.90 Å². The van der Waals surface area contributed by atoms with E-state index in [1.807, 2.05) is 0 Å². The van der Waals surface area contributed by atoms with Crippen LogP contribution in [-0.2, 0) is 4.74 Å². The summed E-state index contributed by atoms with van der Waals surface area (Å²) >= 11 is 0. The second-order valence-electron chi connectivity index (χ2n) is 4.72. The molecular formula is C13H21NO2. The lowest BCUT2D eigenvalue weighted by Crippen LogP contribution is -2.40. The Kier molecular flexibility index (Phi) is 3.54. The first-order chi connectivity index (χ1) is 7.76. The van der Waals surface area contributed by atoms with Crippen LogP contribution < -0.4 is 0 Å². The lowest BCUT2D eigenvalue weighted by Gasteiger charge is -2.42.